The molecule has 0 amide bonds. The Kier molecular flexibility index (Phi) is 5.99. The molecule has 0 saturated carbocycles. The molecule has 0 aliphatic heterocycles. The lowest BCUT2D eigenvalue weighted by Crippen LogP contribution is -1.98. The molecule has 4 rings (SSSR count). The first-order chi connectivity index (χ1) is 13.7. The standard InChI is InChI=1S/C25H22ClNS/c1-18(21-10-6-8-20-7-2-3-9-22(20)21)13-14-19-15-16-25(27-17-19)28-24-12-5-4-11-23(24)26/h2-12,15-18H,13-14H2,1H3/t18-/m0/s1. The highest BCUT2D eigenvalue weighted by Crippen LogP contribution is 2.32. The molecule has 0 saturated heterocycles. The zero-order chi connectivity index (χ0) is 19.3. The zero-order valence-corrected chi connectivity index (χ0v) is 17.4. The quantitative estimate of drug-likeness (QED) is 0.326. The van der Waals surface area contributed by atoms with Gasteiger partial charge in [-0.05, 0) is 58.9 Å². The van der Waals surface area contributed by atoms with Gasteiger partial charge in [-0.3, -0.25) is 0 Å². The Balaban J connectivity index is 1.41. The fourth-order valence-corrected chi connectivity index (χ4v) is 4.51. The third-order valence-electron chi connectivity index (χ3n) is 5.07. The SMILES string of the molecule is C[C@@H](CCc1ccc(Sc2ccccc2Cl)nc1)c1cccc2ccccc12. The molecular formula is C25H22ClNS. The van der Waals surface area contributed by atoms with E-state index in [4.69, 9.17) is 11.6 Å². The first-order valence-corrected chi connectivity index (χ1v) is 10.7. The molecule has 140 valence electrons. The van der Waals surface area contributed by atoms with E-state index in [1.54, 1.807) is 11.8 Å². The van der Waals surface area contributed by atoms with E-state index in [9.17, 15) is 0 Å². The predicted molar refractivity (Wildman–Crippen MR) is 120 cm³/mol. The number of hydrogen-bond acceptors (Lipinski definition) is 2. The molecule has 3 aromatic carbocycles. The second-order valence-corrected chi connectivity index (χ2v) is 8.51. The van der Waals surface area contributed by atoms with Crippen LogP contribution in [0.4, 0.5) is 0 Å². The van der Waals surface area contributed by atoms with Gasteiger partial charge in [-0.2, -0.15) is 0 Å². The van der Waals surface area contributed by atoms with Crippen molar-refractivity contribution in [2.75, 3.05) is 0 Å². The summed E-state index contributed by atoms with van der Waals surface area (Å²) in [4.78, 5) is 5.66. The van der Waals surface area contributed by atoms with Crippen LogP contribution < -0.4 is 0 Å². The summed E-state index contributed by atoms with van der Waals surface area (Å²) in [6.07, 6.45) is 4.12. The molecule has 0 N–H and O–H groups in total. The van der Waals surface area contributed by atoms with Crippen LogP contribution in [0.25, 0.3) is 10.8 Å². The maximum Gasteiger partial charge on any atom is 0.101 e. The molecule has 0 radical (unpaired) electrons. The summed E-state index contributed by atoms with van der Waals surface area (Å²) in [6, 6.07) is 27.4. The Morgan fingerprint density at radius 3 is 2.50 bits per heavy atom. The normalized spacial score (nSPS) is 12.2. The van der Waals surface area contributed by atoms with Crippen LogP contribution in [0.15, 0.2) is 95.0 Å². The highest BCUT2D eigenvalue weighted by atomic mass is 35.5. The summed E-state index contributed by atoms with van der Waals surface area (Å²) in [5.74, 6) is 0.503. The minimum atomic E-state index is 0.503. The van der Waals surface area contributed by atoms with E-state index in [0.29, 0.717) is 5.92 Å². The number of pyridine rings is 1. The number of nitrogens with zero attached hydrogens (tertiary/aromatic N) is 1. The average Bonchev–Trinajstić information content (AvgIpc) is 2.74. The molecule has 3 heteroatoms. The Labute approximate surface area is 175 Å². The Bertz CT molecular complexity index is 1070. The van der Waals surface area contributed by atoms with Crippen molar-refractivity contribution in [3.05, 3.63) is 101 Å². The summed E-state index contributed by atoms with van der Waals surface area (Å²) in [5, 5.41) is 4.41. The van der Waals surface area contributed by atoms with Crippen molar-refractivity contribution in [2.45, 2.75) is 35.6 Å². The highest BCUT2D eigenvalue weighted by molar-refractivity contribution is 7.99. The molecule has 1 nitrogen and oxygen atoms in total. The molecule has 0 unspecified atom stereocenters. The second kappa shape index (κ2) is 8.81. The third-order valence-corrected chi connectivity index (χ3v) is 6.54. The summed E-state index contributed by atoms with van der Waals surface area (Å²) >= 11 is 7.84. The van der Waals surface area contributed by atoms with Gasteiger partial charge in [-0.25, -0.2) is 4.98 Å². The van der Waals surface area contributed by atoms with Gasteiger partial charge in [0.1, 0.15) is 5.03 Å². The number of aryl methyl sites for hydroxylation is 1. The van der Waals surface area contributed by atoms with Crippen LogP contribution in [-0.4, -0.2) is 4.98 Å². The molecule has 1 aromatic heterocycles. The van der Waals surface area contributed by atoms with Crippen molar-refractivity contribution >= 4 is 34.1 Å². The minimum absolute atomic E-state index is 0.503. The van der Waals surface area contributed by atoms with Crippen LogP contribution in [0.3, 0.4) is 0 Å². The van der Waals surface area contributed by atoms with Crippen LogP contribution in [0.2, 0.25) is 5.02 Å². The second-order valence-electron chi connectivity index (χ2n) is 7.05. The monoisotopic (exact) mass is 403 g/mol. The lowest BCUT2D eigenvalue weighted by Gasteiger charge is -2.15. The van der Waals surface area contributed by atoms with Crippen LogP contribution in [0, 0.1) is 0 Å². The van der Waals surface area contributed by atoms with Gasteiger partial charge in [0.05, 0.1) is 5.02 Å². The lowest BCUT2D eigenvalue weighted by molar-refractivity contribution is 0.682. The van der Waals surface area contributed by atoms with Crippen molar-refractivity contribution in [1.82, 2.24) is 4.98 Å². The van der Waals surface area contributed by atoms with Gasteiger partial charge in [0.2, 0.25) is 0 Å². The number of aromatic nitrogens is 1. The van der Waals surface area contributed by atoms with E-state index < -0.39 is 0 Å². The summed E-state index contributed by atoms with van der Waals surface area (Å²) < 4.78 is 0. The summed E-state index contributed by atoms with van der Waals surface area (Å²) in [7, 11) is 0. The first kappa shape index (κ1) is 19.0. The van der Waals surface area contributed by atoms with Gasteiger partial charge in [0, 0.05) is 11.1 Å². The van der Waals surface area contributed by atoms with Crippen LogP contribution in [0.1, 0.15) is 30.4 Å². The van der Waals surface area contributed by atoms with Gasteiger partial charge in [-0.1, -0.05) is 91.0 Å². The number of hydrogen-bond donors (Lipinski definition) is 0. The van der Waals surface area contributed by atoms with E-state index in [1.165, 1.54) is 21.9 Å². The molecular weight excluding hydrogens is 382 g/mol. The predicted octanol–water partition coefficient (Wildman–Crippen LogP) is 7.78. The van der Waals surface area contributed by atoms with E-state index >= 15 is 0 Å². The Morgan fingerprint density at radius 2 is 1.68 bits per heavy atom. The van der Waals surface area contributed by atoms with Gasteiger partial charge in [-0.15, -0.1) is 0 Å². The third kappa shape index (κ3) is 4.40. The fraction of sp³-hybridized carbons (Fsp3) is 0.160. The number of rotatable bonds is 6. The maximum absolute atomic E-state index is 6.24. The molecule has 4 aromatic rings. The Morgan fingerprint density at radius 1 is 0.893 bits per heavy atom. The van der Waals surface area contributed by atoms with Crippen LogP contribution in [-0.2, 0) is 6.42 Å². The van der Waals surface area contributed by atoms with Crippen LogP contribution >= 0.6 is 23.4 Å². The van der Waals surface area contributed by atoms with E-state index in [2.05, 4.69) is 66.5 Å². The number of benzene rings is 3. The fourth-order valence-electron chi connectivity index (χ4n) is 3.48. The molecule has 28 heavy (non-hydrogen) atoms. The van der Waals surface area contributed by atoms with Gasteiger partial charge >= 0.3 is 0 Å². The molecule has 0 aliphatic carbocycles. The van der Waals surface area contributed by atoms with Crippen molar-refractivity contribution in [3.63, 3.8) is 0 Å². The number of halogens is 1. The largest absolute Gasteiger partial charge is 0.249 e. The minimum Gasteiger partial charge on any atom is -0.249 e. The molecule has 1 heterocycles. The van der Waals surface area contributed by atoms with Crippen molar-refractivity contribution in [2.24, 2.45) is 0 Å². The van der Waals surface area contributed by atoms with Crippen molar-refractivity contribution < 1.29 is 0 Å². The average molecular weight is 404 g/mol. The maximum atomic E-state index is 6.24. The first-order valence-electron chi connectivity index (χ1n) is 9.55. The van der Waals surface area contributed by atoms with Crippen LogP contribution in [0.5, 0.6) is 0 Å². The molecule has 0 aliphatic rings. The smallest absolute Gasteiger partial charge is 0.101 e. The Hall–Kier alpha value is -2.29. The molecule has 0 spiro atoms. The topological polar surface area (TPSA) is 12.9 Å². The van der Waals surface area contributed by atoms with E-state index in [0.717, 1.165) is 27.8 Å². The molecule has 0 bridgehead atoms. The van der Waals surface area contributed by atoms with Crippen molar-refractivity contribution in [1.29, 1.82) is 0 Å². The highest BCUT2D eigenvalue weighted by Gasteiger charge is 2.10. The molecule has 1 atom stereocenters. The lowest BCUT2D eigenvalue weighted by atomic mass is 9.90. The summed E-state index contributed by atoms with van der Waals surface area (Å²) in [5.41, 5.74) is 2.70. The molecule has 0 fully saturated rings. The van der Waals surface area contributed by atoms with Crippen molar-refractivity contribution in [3.8, 4) is 0 Å². The summed E-state index contributed by atoms with van der Waals surface area (Å²) in [6.45, 7) is 2.32. The van der Waals surface area contributed by atoms with E-state index in [-0.39, 0.29) is 0 Å². The zero-order valence-electron chi connectivity index (χ0n) is 15.8. The van der Waals surface area contributed by atoms with Gasteiger partial charge in [0.15, 0.2) is 0 Å². The van der Waals surface area contributed by atoms with Gasteiger partial charge < -0.3 is 0 Å². The van der Waals surface area contributed by atoms with Gasteiger partial charge in [0.25, 0.3) is 0 Å². The van der Waals surface area contributed by atoms with E-state index in [1.807, 2.05) is 30.5 Å². The number of fused-ring (bicyclic) bond motifs is 1.